The number of carbonyl (C=O) groups is 2. The van der Waals surface area contributed by atoms with Gasteiger partial charge in [0.15, 0.2) is 6.10 Å². The van der Waals surface area contributed by atoms with E-state index in [1.165, 1.54) is 205 Å². The second-order valence-electron chi connectivity index (χ2n) is 19.5. The molecule has 9 nitrogen and oxygen atoms in total. The van der Waals surface area contributed by atoms with Crippen molar-refractivity contribution < 1.29 is 37.6 Å². The van der Waals surface area contributed by atoms with E-state index in [1.54, 1.807) is 0 Å². The van der Waals surface area contributed by atoms with Gasteiger partial charge in [0.05, 0.1) is 13.2 Å². The molecular weight excluding hydrogens is 882 g/mol. The van der Waals surface area contributed by atoms with Crippen molar-refractivity contribution in [2.75, 3.05) is 26.4 Å². The number of carbonyl (C=O) groups excluding carboxylic acids is 2. The minimum Gasteiger partial charge on any atom is -0.462 e. The first-order valence-corrected chi connectivity index (χ1v) is 30.6. The van der Waals surface area contributed by atoms with Crippen LogP contribution >= 0.6 is 7.82 Å². The second-order valence-corrected chi connectivity index (χ2v) is 21.0. The summed E-state index contributed by atoms with van der Waals surface area (Å²) in [5.41, 5.74) is 5.38. The molecule has 0 rings (SSSR count). The molecule has 0 aliphatic rings. The number of allylic oxidation sites excluding steroid dienone is 8. The summed E-state index contributed by atoms with van der Waals surface area (Å²) in [5, 5.41) is 0. The van der Waals surface area contributed by atoms with Crippen molar-refractivity contribution in [3.63, 3.8) is 0 Å². The molecule has 0 spiro atoms. The SMILES string of the molecule is CCCCC/C=C\C/C=C\CCCCCCCCCCCC(=O)OCC(COP(=O)(O)OCCN)OC(=O)CCCCCCCCCCCCCCCCCCC/C=C\C/C=C\CCCCCCC. The molecule has 0 saturated carbocycles. The van der Waals surface area contributed by atoms with E-state index in [-0.39, 0.29) is 38.6 Å². The molecule has 404 valence electrons. The zero-order valence-electron chi connectivity index (χ0n) is 45.1. The third-order valence-corrected chi connectivity index (χ3v) is 13.7. The maximum Gasteiger partial charge on any atom is 0.472 e. The minimum absolute atomic E-state index is 0.0530. The van der Waals surface area contributed by atoms with Crippen LogP contribution in [0.15, 0.2) is 48.6 Å². The van der Waals surface area contributed by atoms with Crippen molar-refractivity contribution in [2.24, 2.45) is 5.73 Å². The van der Waals surface area contributed by atoms with E-state index in [0.717, 1.165) is 44.9 Å². The van der Waals surface area contributed by atoms with E-state index in [1.807, 2.05) is 0 Å². The summed E-state index contributed by atoms with van der Waals surface area (Å²) in [6, 6.07) is 0. The zero-order chi connectivity index (χ0) is 50.2. The number of hydrogen-bond donors (Lipinski definition) is 2. The van der Waals surface area contributed by atoms with Gasteiger partial charge in [-0.15, -0.1) is 0 Å². The van der Waals surface area contributed by atoms with Gasteiger partial charge in [0.1, 0.15) is 6.61 Å². The monoisotopic (exact) mass is 992 g/mol. The quantitative estimate of drug-likeness (QED) is 0.0264. The lowest BCUT2D eigenvalue weighted by Crippen LogP contribution is -2.29. The summed E-state index contributed by atoms with van der Waals surface area (Å²) >= 11 is 0. The smallest absolute Gasteiger partial charge is 0.462 e. The Bertz CT molecular complexity index is 1270. The molecule has 0 aromatic carbocycles. The first-order chi connectivity index (χ1) is 33.8. The van der Waals surface area contributed by atoms with E-state index in [2.05, 4.69) is 62.5 Å². The van der Waals surface area contributed by atoms with Gasteiger partial charge in [0.2, 0.25) is 0 Å². The fraction of sp³-hybridized carbons (Fsp3) is 0.831. The lowest BCUT2D eigenvalue weighted by molar-refractivity contribution is -0.161. The van der Waals surface area contributed by atoms with Gasteiger partial charge in [-0.3, -0.25) is 18.6 Å². The van der Waals surface area contributed by atoms with Crippen LogP contribution in [0.2, 0.25) is 0 Å². The van der Waals surface area contributed by atoms with Gasteiger partial charge < -0.3 is 20.1 Å². The largest absolute Gasteiger partial charge is 0.472 e. The predicted molar refractivity (Wildman–Crippen MR) is 293 cm³/mol. The number of phosphoric acid groups is 1. The standard InChI is InChI=1S/C59H110NO8P/c1-3-5-7-9-11-13-15-17-19-21-23-24-25-26-27-28-29-30-31-32-34-36-38-40-42-44-46-48-50-52-59(62)68-57(56-67-69(63,64)66-54-53-60)55-65-58(61)51-49-47-45-43-41-39-37-35-33-22-20-18-16-14-12-10-8-6-4-2/h12,14-15,17-18,20-21,23,57H,3-11,13,16,19,22,24-56,60H2,1-2H3,(H,63,64)/b14-12-,17-15-,20-18-,23-21-. The first-order valence-electron chi connectivity index (χ1n) is 29.1. The van der Waals surface area contributed by atoms with Gasteiger partial charge in [0, 0.05) is 19.4 Å². The molecule has 0 radical (unpaired) electrons. The fourth-order valence-corrected chi connectivity index (χ4v) is 9.11. The summed E-state index contributed by atoms with van der Waals surface area (Å²) in [5.74, 6) is -0.822. The lowest BCUT2D eigenvalue weighted by atomic mass is 10.0. The Balaban J connectivity index is 3.93. The van der Waals surface area contributed by atoms with E-state index in [0.29, 0.717) is 6.42 Å². The second kappa shape index (κ2) is 55.3. The average molecular weight is 993 g/mol. The number of esters is 2. The maximum atomic E-state index is 12.7. The highest BCUT2D eigenvalue weighted by Crippen LogP contribution is 2.43. The Morgan fingerprint density at radius 1 is 0.435 bits per heavy atom. The average Bonchev–Trinajstić information content (AvgIpc) is 3.34. The number of nitrogens with two attached hydrogens (primary N) is 1. The Kier molecular flexibility index (Phi) is 53.7. The van der Waals surface area contributed by atoms with Crippen molar-refractivity contribution >= 4 is 19.8 Å². The van der Waals surface area contributed by atoms with Crippen LogP contribution in [0, 0.1) is 0 Å². The molecule has 0 fully saturated rings. The Morgan fingerprint density at radius 3 is 1.13 bits per heavy atom. The fourth-order valence-electron chi connectivity index (χ4n) is 8.35. The molecule has 69 heavy (non-hydrogen) atoms. The van der Waals surface area contributed by atoms with Gasteiger partial charge in [-0.25, -0.2) is 4.57 Å². The van der Waals surface area contributed by atoms with Gasteiger partial charge in [-0.1, -0.05) is 242 Å². The third kappa shape index (κ3) is 55.1. The number of rotatable bonds is 55. The van der Waals surface area contributed by atoms with Gasteiger partial charge >= 0.3 is 19.8 Å². The normalized spacial score (nSPS) is 13.4. The van der Waals surface area contributed by atoms with Crippen molar-refractivity contribution in [3.8, 4) is 0 Å². The Labute approximate surface area is 426 Å². The molecule has 0 aromatic rings. The summed E-state index contributed by atoms with van der Waals surface area (Å²) < 4.78 is 33.0. The third-order valence-electron chi connectivity index (χ3n) is 12.7. The molecule has 0 aromatic heterocycles. The molecule has 0 aliphatic heterocycles. The van der Waals surface area contributed by atoms with E-state index >= 15 is 0 Å². The van der Waals surface area contributed by atoms with E-state index in [4.69, 9.17) is 24.3 Å². The van der Waals surface area contributed by atoms with Gasteiger partial charge in [-0.2, -0.15) is 0 Å². The van der Waals surface area contributed by atoms with Crippen molar-refractivity contribution in [1.29, 1.82) is 0 Å². The van der Waals surface area contributed by atoms with Crippen LogP contribution in [0.5, 0.6) is 0 Å². The first kappa shape index (κ1) is 67.0. The summed E-state index contributed by atoms with van der Waals surface area (Å²) in [6.07, 6.45) is 67.4. The minimum atomic E-state index is -4.39. The molecule has 2 unspecified atom stereocenters. The van der Waals surface area contributed by atoms with Crippen LogP contribution in [-0.4, -0.2) is 49.3 Å². The van der Waals surface area contributed by atoms with Crippen LogP contribution in [-0.2, 0) is 32.7 Å². The maximum absolute atomic E-state index is 12.7. The van der Waals surface area contributed by atoms with E-state index < -0.39 is 26.5 Å². The van der Waals surface area contributed by atoms with E-state index in [9.17, 15) is 19.0 Å². The summed E-state index contributed by atoms with van der Waals surface area (Å²) in [7, 11) is -4.39. The number of unbranched alkanes of at least 4 members (excludes halogenated alkanes) is 34. The van der Waals surface area contributed by atoms with Crippen LogP contribution < -0.4 is 5.73 Å². The van der Waals surface area contributed by atoms with Crippen molar-refractivity contribution in [3.05, 3.63) is 48.6 Å². The highest BCUT2D eigenvalue weighted by Gasteiger charge is 2.26. The molecule has 2 atom stereocenters. The summed E-state index contributed by atoms with van der Waals surface area (Å²) in [4.78, 5) is 35.2. The van der Waals surface area contributed by atoms with Crippen LogP contribution in [0.25, 0.3) is 0 Å². The molecule has 0 heterocycles. The van der Waals surface area contributed by atoms with Crippen LogP contribution in [0.4, 0.5) is 0 Å². The molecule has 10 heteroatoms. The Morgan fingerprint density at radius 2 is 0.754 bits per heavy atom. The molecule has 0 saturated heterocycles. The molecule has 0 bridgehead atoms. The molecule has 3 N–H and O–H groups in total. The van der Waals surface area contributed by atoms with Gasteiger partial charge in [-0.05, 0) is 77.0 Å². The van der Waals surface area contributed by atoms with Crippen LogP contribution in [0.3, 0.4) is 0 Å². The van der Waals surface area contributed by atoms with Gasteiger partial charge in [0.25, 0.3) is 0 Å². The molecule has 0 aliphatic carbocycles. The number of hydrogen-bond acceptors (Lipinski definition) is 8. The highest BCUT2D eigenvalue weighted by molar-refractivity contribution is 7.47. The van der Waals surface area contributed by atoms with Crippen molar-refractivity contribution in [1.82, 2.24) is 0 Å². The lowest BCUT2D eigenvalue weighted by Gasteiger charge is -2.19. The van der Waals surface area contributed by atoms with Crippen molar-refractivity contribution in [2.45, 2.75) is 290 Å². The zero-order valence-corrected chi connectivity index (χ0v) is 45.9. The van der Waals surface area contributed by atoms with Crippen LogP contribution in [0.1, 0.15) is 284 Å². The topological polar surface area (TPSA) is 134 Å². The molecular formula is C59H110NO8P. The Hall–Kier alpha value is -2.03. The number of phosphoric ester groups is 1. The summed E-state index contributed by atoms with van der Waals surface area (Å²) in [6.45, 7) is 3.74. The predicted octanol–water partition coefficient (Wildman–Crippen LogP) is 18.2. The number of ether oxygens (including phenoxy) is 2. The highest BCUT2D eigenvalue weighted by atomic mass is 31.2. The molecule has 0 amide bonds.